The highest BCUT2D eigenvalue weighted by Gasteiger charge is 2.17. The number of urea groups is 1. The van der Waals surface area contributed by atoms with Gasteiger partial charge in [-0.2, -0.15) is 0 Å². The van der Waals surface area contributed by atoms with Gasteiger partial charge in [0.15, 0.2) is 0 Å². The lowest BCUT2D eigenvalue weighted by Gasteiger charge is -2.20. The van der Waals surface area contributed by atoms with Crippen LogP contribution < -0.4 is 14.8 Å². The van der Waals surface area contributed by atoms with E-state index in [4.69, 9.17) is 4.74 Å². The van der Waals surface area contributed by atoms with Crippen LogP contribution in [-0.4, -0.2) is 32.4 Å². The molecule has 1 fully saturated rings. The molecule has 0 saturated carbocycles. The number of nitrogens with zero attached hydrogens (tertiary/aromatic N) is 1. The third kappa shape index (κ3) is 6.51. The molecule has 1 aliphatic heterocycles. The van der Waals surface area contributed by atoms with Crippen LogP contribution in [-0.2, 0) is 16.6 Å². The second-order valence-corrected chi connectivity index (χ2v) is 9.94. The molecule has 7 nitrogen and oxygen atoms in total. The van der Waals surface area contributed by atoms with Crippen molar-refractivity contribution in [2.45, 2.75) is 37.2 Å². The van der Waals surface area contributed by atoms with Gasteiger partial charge >= 0.3 is 6.03 Å². The number of sulfonamides is 1. The zero-order valence-electron chi connectivity index (χ0n) is 18.9. The van der Waals surface area contributed by atoms with Gasteiger partial charge in [0.05, 0.1) is 4.90 Å². The number of ether oxygens (including phenoxy) is 1. The first-order valence-electron chi connectivity index (χ1n) is 11.5. The van der Waals surface area contributed by atoms with Gasteiger partial charge in [0.25, 0.3) is 10.0 Å². The molecular weight excluding hydrogens is 450 g/mol. The molecule has 0 aromatic heterocycles. The summed E-state index contributed by atoms with van der Waals surface area (Å²) in [5.74, 6) is 0.649. The fraction of sp³-hybridized carbons (Fsp3) is 0.269. The van der Waals surface area contributed by atoms with Crippen molar-refractivity contribution in [2.75, 3.05) is 23.1 Å². The first kappa shape index (κ1) is 23.6. The number of likely N-dealkylation sites (tertiary alicyclic amines) is 1. The van der Waals surface area contributed by atoms with E-state index in [1.165, 1.54) is 12.1 Å². The number of anilines is 2. The molecule has 0 radical (unpaired) electrons. The van der Waals surface area contributed by atoms with Crippen LogP contribution in [0.15, 0.2) is 83.8 Å². The molecule has 2 N–H and O–H groups in total. The summed E-state index contributed by atoms with van der Waals surface area (Å²) in [4.78, 5) is 14.4. The Morgan fingerprint density at radius 1 is 0.794 bits per heavy atom. The Morgan fingerprint density at radius 3 is 2.06 bits per heavy atom. The molecule has 0 unspecified atom stereocenters. The normalized spacial score (nSPS) is 14.2. The maximum Gasteiger partial charge on any atom is 0.321 e. The zero-order valence-corrected chi connectivity index (χ0v) is 19.8. The van der Waals surface area contributed by atoms with Gasteiger partial charge in [-0.15, -0.1) is 0 Å². The molecule has 1 aliphatic rings. The molecule has 4 rings (SSSR count). The smallest absolute Gasteiger partial charge is 0.321 e. The quantitative estimate of drug-likeness (QED) is 0.470. The average Bonchev–Trinajstić information content (AvgIpc) is 3.14. The van der Waals surface area contributed by atoms with Gasteiger partial charge in [0.1, 0.15) is 12.4 Å². The number of rotatable bonds is 7. The molecular formula is C26H29N3O4S. The SMILES string of the molecule is O=C(Nc1ccc(S(=O)(=O)Nc2ccc(OCc3ccccc3)cc2)cc1)N1CCCCCC1. The fourth-order valence-corrected chi connectivity index (χ4v) is 4.83. The first-order valence-corrected chi connectivity index (χ1v) is 12.9. The van der Waals surface area contributed by atoms with Gasteiger partial charge in [-0.3, -0.25) is 4.72 Å². The van der Waals surface area contributed by atoms with Crippen LogP contribution in [0.25, 0.3) is 0 Å². The molecule has 34 heavy (non-hydrogen) atoms. The maximum absolute atomic E-state index is 12.8. The van der Waals surface area contributed by atoms with Gasteiger partial charge in [0.2, 0.25) is 0 Å². The van der Waals surface area contributed by atoms with Gasteiger partial charge in [0, 0.05) is 24.5 Å². The number of carbonyl (C=O) groups is 1. The molecule has 3 aromatic rings. The summed E-state index contributed by atoms with van der Waals surface area (Å²) in [5, 5.41) is 2.86. The van der Waals surface area contributed by atoms with Gasteiger partial charge in [-0.05, 0) is 66.9 Å². The third-order valence-corrected chi connectivity index (χ3v) is 7.06. The van der Waals surface area contributed by atoms with Crippen LogP contribution in [0.1, 0.15) is 31.2 Å². The number of hydrogen-bond donors (Lipinski definition) is 2. The van der Waals surface area contributed by atoms with Crippen molar-refractivity contribution in [3.63, 3.8) is 0 Å². The molecule has 3 aromatic carbocycles. The number of benzene rings is 3. The lowest BCUT2D eigenvalue weighted by Crippen LogP contribution is -2.35. The van der Waals surface area contributed by atoms with Crippen LogP contribution in [0.5, 0.6) is 5.75 Å². The van der Waals surface area contributed by atoms with E-state index in [0.717, 1.165) is 44.3 Å². The van der Waals surface area contributed by atoms with E-state index in [-0.39, 0.29) is 10.9 Å². The van der Waals surface area contributed by atoms with E-state index in [2.05, 4.69) is 10.0 Å². The number of hydrogen-bond acceptors (Lipinski definition) is 4. The number of amides is 2. The molecule has 0 bridgehead atoms. The zero-order chi connectivity index (χ0) is 23.8. The summed E-state index contributed by atoms with van der Waals surface area (Å²) in [7, 11) is -3.77. The summed E-state index contributed by atoms with van der Waals surface area (Å²) in [6, 6.07) is 22.6. The summed E-state index contributed by atoms with van der Waals surface area (Å²) >= 11 is 0. The molecule has 0 aliphatic carbocycles. The molecule has 0 atom stereocenters. The van der Waals surface area contributed by atoms with Crippen molar-refractivity contribution in [1.29, 1.82) is 0 Å². The largest absolute Gasteiger partial charge is 0.489 e. The van der Waals surface area contributed by atoms with Crippen molar-refractivity contribution in [1.82, 2.24) is 4.90 Å². The molecule has 8 heteroatoms. The van der Waals surface area contributed by atoms with Crippen LogP contribution in [0.2, 0.25) is 0 Å². The lowest BCUT2D eigenvalue weighted by molar-refractivity contribution is 0.214. The highest BCUT2D eigenvalue weighted by Crippen LogP contribution is 2.22. The average molecular weight is 480 g/mol. The van der Waals surface area contributed by atoms with Crippen molar-refractivity contribution in [2.24, 2.45) is 0 Å². The van der Waals surface area contributed by atoms with E-state index in [0.29, 0.717) is 23.7 Å². The van der Waals surface area contributed by atoms with Gasteiger partial charge in [-0.1, -0.05) is 43.2 Å². The Balaban J connectivity index is 1.33. The molecule has 0 spiro atoms. The number of carbonyl (C=O) groups excluding carboxylic acids is 1. The second kappa shape index (κ2) is 11.1. The van der Waals surface area contributed by atoms with Crippen molar-refractivity contribution >= 4 is 27.4 Å². The Morgan fingerprint density at radius 2 is 1.41 bits per heavy atom. The molecule has 1 heterocycles. The van der Waals surface area contributed by atoms with Crippen molar-refractivity contribution in [3.8, 4) is 5.75 Å². The minimum atomic E-state index is -3.77. The van der Waals surface area contributed by atoms with E-state index < -0.39 is 10.0 Å². The first-order chi connectivity index (χ1) is 16.5. The predicted molar refractivity (Wildman–Crippen MR) is 134 cm³/mol. The van der Waals surface area contributed by atoms with Gasteiger partial charge < -0.3 is 15.0 Å². The Kier molecular flexibility index (Phi) is 7.69. The van der Waals surface area contributed by atoms with Crippen molar-refractivity contribution < 1.29 is 17.9 Å². The van der Waals surface area contributed by atoms with Crippen LogP contribution in [0.3, 0.4) is 0 Å². The van der Waals surface area contributed by atoms with Crippen molar-refractivity contribution in [3.05, 3.63) is 84.4 Å². The Bertz CT molecular complexity index is 1170. The summed E-state index contributed by atoms with van der Waals surface area (Å²) < 4.78 is 33.9. The van der Waals surface area contributed by atoms with E-state index in [1.54, 1.807) is 36.4 Å². The van der Waals surface area contributed by atoms with Crippen LogP contribution in [0.4, 0.5) is 16.2 Å². The summed E-state index contributed by atoms with van der Waals surface area (Å²) in [6.07, 6.45) is 4.31. The van der Waals surface area contributed by atoms with Crippen LogP contribution >= 0.6 is 0 Å². The predicted octanol–water partition coefficient (Wildman–Crippen LogP) is 5.47. The monoisotopic (exact) mass is 479 g/mol. The molecule has 2 amide bonds. The fourth-order valence-electron chi connectivity index (χ4n) is 3.77. The Hall–Kier alpha value is -3.52. The number of nitrogens with one attached hydrogen (secondary N) is 2. The highest BCUT2D eigenvalue weighted by atomic mass is 32.2. The highest BCUT2D eigenvalue weighted by molar-refractivity contribution is 7.92. The van der Waals surface area contributed by atoms with Gasteiger partial charge in [-0.25, -0.2) is 13.2 Å². The third-order valence-electron chi connectivity index (χ3n) is 5.66. The topological polar surface area (TPSA) is 87.7 Å². The van der Waals surface area contributed by atoms with E-state index in [9.17, 15) is 13.2 Å². The minimum absolute atomic E-state index is 0.115. The Labute approximate surface area is 200 Å². The second-order valence-electron chi connectivity index (χ2n) is 8.26. The summed E-state index contributed by atoms with van der Waals surface area (Å²) in [5.41, 5.74) is 2.05. The maximum atomic E-state index is 12.8. The standard InChI is InChI=1S/C26H29N3O4S/c30-26(29-18-6-1-2-7-19-29)27-22-12-16-25(17-13-22)34(31,32)28-23-10-14-24(15-11-23)33-20-21-8-4-3-5-9-21/h3-5,8-17,28H,1-2,6-7,18-20H2,(H,27,30). The summed E-state index contributed by atoms with van der Waals surface area (Å²) in [6.45, 7) is 1.93. The van der Waals surface area contributed by atoms with E-state index >= 15 is 0 Å². The minimum Gasteiger partial charge on any atom is -0.489 e. The van der Waals surface area contributed by atoms with E-state index in [1.807, 2.05) is 35.2 Å². The molecule has 178 valence electrons. The van der Waals surface area contributed by atoms with Crippen LogP contribution in [0, 0.1) is 0 Å². The molecule has 1 saturated heterocycles. The lowest BCUT2D eigenvalue weighted by atomic mass is 10.2.